The molecule has 0 aliphatic heterocycles. The van der Waals surface area contributed by atoms with Gasteiger partial charge in [0.25, 0.3) is 0 Å². The van der Waals surface area contributed by atoms with E-state index in [1.165, 1.54) is 0 Å². The highest BCUT2D eigenvalue weighted by Gasteiger charge is 2.10. The van der Waals surface area contributed by atoms with Gasteiger partial charge in [0.1, 0.15) is 18.2 Å². The molecule has 0 saturated heterocycles. The monoisotopic (exact) mass is 276 g/mol. The molecule has 4 aromatic rings. The fourth-order valence-electron chi connectivity index (χ4n) is 2.34. The van der Waals surface area contributed by atoms with Gasteiger partial charge in [-0.05, 0) is 36.8 Å². The van der Waals surface area contributed by atoms with E-state index in [1.54, 1.807) is 12.7 Å². The maximum atomic E-state index is 5.86. The molecule has 21 heavy (non-hydrogen) atoms. The Hall–Kier alpha value is -2.95. The first-order valence-electron chi connectivity index (χ1n) is 6.63. The van der Waals surface area contributed by atoms with Gasteiger partial charge in [-0.15, -0.1) is 10.2 Å². The number of rotatable bonds is 2. The Balaban J connectivity index is 1.85. The van der Waals surface area contributed by atoms with E-state index in [1.807, 2.05) is 54.0 Å². The summed E-state index contributed by atoms with van der Waals surface area (Å²) in [5, 5.41) is 7.62. The lowest BCUT2D eigenvalue weighted by molar-refractivity contribution is 0.619. The van der Waals surface area contributed by atoms with Crippen molar-refractivity contribution in [2.75, 3.05) is 0 Å². The molecule has 0 bridgehead atoms. The lowest BCUT2D eigenvalue weighted by Crippen LogP contribution is -1.89. The highest BCUT2D eigenvalue weighted by Crippen LogP contribution is 2.27. The third kappa shape index (κ3) is 1.99. The first-order valence-corrected chi connectivity index (χ1v) is 6.63. The van der Waals surface area contributed by atoms with Crippen LogP contribution in [0.4, 0.5) is 0 Å². The molecule has 0 aliphatic carbocycles. The Bertz CT molecular complexity index is 909. The molecule has 2 heterocycles. The topological polar surface area (TPSA) is 56.7 Å². The van der Waals surface area contributed by atoms with Crippen molar-refractivity contribution in [2.45, 2.75) is 6.92 Å². The van der Waals surface area contributed by atoms with E-state index in [-0.39, 0.29) is 0 Å². The Kier molecular flexibility index (Phi) is 2.57. The van der Waals surface area contributed by atoms with Crippen LogP contribution in [0, 0.1) is 6.92 Å². The molecular weight excluding hydrogens is 264 g/mol. The maximum absolute atomic E-state index is 5.86. The highest BCUT2D eigenvalue weighted by atomic mass is 16.3. The zero-order chi connectivity index (χ0) is 14.2. The number of fused-ring (bicyclic) bond motifs is 1. The molecule has 2 aromatic heterocycles. The minimum atomic E-state index is 0.643. The smallest absolute Gasteiger partial charge is 0.227 e. The second-order valence-corrected chi connectivity index (χ2v) is 4.86. The van der Waals surface area contributed by atoms with Gasteiger partial charge in [0.15, 0.2) is 5.58 Å². The van der Waals surface area contributed by atoms with E-state index in [0.29, 0.717) is 5.89 Å². The second-order valence-electron chi connectivity index (χ2n) is 4.86. The molecule has 0 spiro atoms. The summed E-state index contributed by atoms with van der Waals surface area (Å²) in [7, 11) is 0. The first kappa shape index (κ1) is 11.8. The Morgan fingerprint density at radius 2 is 1.81 bits per heavy atom. The van der Waals surface area contributed by atoms with Crippen molar-refractivity contribution in [1.29, 1.82) is 0 Å². The molecule has 0 atom stereocenters. The minimum Gasteiger partial charge on any atom is -0.436 e. The molecule has 0 unspecified atom stereocenters. The van der Waals surface area contributed by atoms with Crippen LogP contribution in [0.5, 0.6) is 0 Å². The van der Waals surface area contributed by atoms with Gasteiger partial charge in [0.2, 0.25) is 5.89 Å². The largest absolute Gasteiger partial charge is 0.436 e. The fraction of sp³-hybridized carbons (Fsp3) is 0.0625. The van der Waals surface area contributed by atoms with Crippen LogP contribution in [-0.2, 0) is 0 Å². The van der Waals surface area contributed by atoms with Crippen molar-refractivity contribution in [3.63, 3.8) is 0 Å². The predicted molar refractivity (Wildman–Crippen MR) is 79.1 cm³/mol. The molecule has 2 aromatic carbocycles. The molecule has 0 saturated carbocycles. The number of oxazole rings is 1. The normalized spacial score (nSPS) is 11.1. The summed E-state index contributed by atoms with van der Waals surface area (Å²) in [6, 6.07) is 13.9. The number of aromatic nitrogens is 4. The lowest BCUT2D eigenvalue weighted by atomic mass is 10.1. The second kappa shape index (κ2) is 4.56. The van der Waals surface area contributed by atoms with Crippen molar-refractivity contribution >= 4 is 11.1 Å². The fourth-order valence-corrected chi connectivity index (χ4v) is 2.34. The van der Waals surface area contributed by atoms with Gasteiger partial charge in [0, 0.05) is 5.56 Å². The van der Waals surface area contributed by atoms with E-state index in [2.05, 4.69) is 15.2 Å². The number of hydrogen-bond acceptors (Lipinski definition) is 4. The van der Waals surface area contributed by atoms with Crippen LogP contribution in [0.15, 0.2) is 59.5 Å². The van der Waals surface area contributed by atoms with E-state index < -0.39 is 0 Å². The average Bonchev–Trinajstić information content (AvgIpc) is 3.16. The van der Waals surface area contributed by atoms with E-state index in [0.717, 1.165) is 27.9 Å². The van der Waals surface area contributed by atoms with Crippen LogP contribution >= 0.6 is 0 Å². The quantitative estimate of drug-likeness (QED) is 0.563. The summed E-state index contributed by atoms with van der Waals surface area (Å²) in [6.45, 7) is 2.05. The van der Waals surface area contributed by atoms with Crippen molar-refractivity contribution in [2.24, 2.45) is 0 Å². The molecule has 5 nitrogen and oxygen atoms in total. The van der Waals surface area contributed by atoms with Gasteiger partial charge in [0.05, 0.1) is 5.69 Å². The first-order chi connectivity index (χ1) is 10.3. The molecule has 0 fully saturated rings. The van der Waals surface area contributed by atoms with Crippen LogP contribution in [0.1, 0.15) is 5.56 Å². The van der Waals surface area contributed by atoms with Gasteiger partial charge < -0.3 is 4.42 Å². The van der Waals surface area contributed by atoms with E-state index >= 15 is 0 Å². The Labute approximate surface area is 120 Å². The number of aryl methyl sites for hydroxylation is 1. The Morgan fingerprint density at radius 1 is 1.00 bits per heavy atom. The number of hydrogen-bond donors (Lipinski definition) is 0. The maximum Gasteiger partial charge on any atom is 0.227 e. The molecule has 0 N–H and O–H groups in total. The number of nitrogens with zero attached hydrogens (tertiary/aromatic N) is 4. The predicted octanol–water partition coefficient (Wildman–Crippen LogP) is 3.38. The van der Waals surface area contributed by atoms with Crippen molar-refractivity contribution in [3.05, 3.63) is 60.7 Å². The van der Waals surface area contributed by atoms with Gasteiger partial charge in [-0.3, -0.25) is 4.57 Å². The van der Waals surface area contributed by atoms with Crippen LogP contribution in [-0.4, -0.2) is 19.7 Å². The van der Waals surface area contributed by atoms with Gasteiger partial charge in [-0.1, -0.05) is 18.2 Å². The van der Waals surface area contributed by atoms with Gasteiger partial charge >= 0.3 is 0 Å². The average molecular weight is 276 g/mol. The third-order valence-corrected chi connectivity index (χ3v) is 3.46. The van der Waals surface area contributed by atoms with Gasteiger partial charge in [-0.2, -0.15) is 0 Å². The van der Waals surface area contributed by atoms with Crippen molar-refractivity contribution in [1.82, 2.24) is 19.7 Å². The van der Waals surface area contributed by atoms with Crippen molar-refractivity contribution < 1.29 is 4.42 Å². The lowest BCUT2D eigenvalue weighted by Gasteiger charge is -1.98. The molecule has 0 amide bonds. The summed E-state index contributed by atoms with van der Waals surface area (Å²) in [6.07, 6.45) is 3.31. The highest BCUT2D eigenvalue weighted by molar-refractivity contribution is 5.78. The van der Waals surface area contributed by atoms with Gasteiger partial charge in [-0.25, -0.2) is 4.98 Å². The van der Waals surface area contributed by atoms with Crippen LogP contribution in [0.25, 0.3) is 28.2 Å². The summed E-state index contributed by atoms with van der Waals surface area (Å²) in [5.41, 5.74) is 4.70. The zero-order valence-electron chi connectivity index (χ0n) is 11.4. The Morgan fingerprint density at radius 3 is 2.62 bits per heavy atom. The molecule has 0 radical (unpaired) electrons. The summed E-state index contributed by atoms with van der Waals surface area (Å²) < 4.78 is 7.69. The third-order valence-electron chi connectivity index (χ3n) is 3.46. The van der Waals surface area contributed by atoms with E-state index in [4.69, 9.17) is 4.42 Å². The summed E-state index contributed by atoms with van der Waals surface area (Å²) in [5.74, 6) is 0.643. The molecule has 4 rings (SSSR count). The van der Waals surface area contributed by atoms with Crippen LogP contribution in [0.2, 0.25) is 0 Å². The standard InChI is InChI=1S/C16H12N4O/c1-11-4-2-3-5-13(11)16-19-14-8-12(6-7-15(14)21-16)20-9-17-18-10-20/h2-10H,1H3. The number of benzene rings is 2. The molecule has 5 heteroatoms. The summed E-state index contributed by atoms with van der Waals surface area (Å²) >= 11 is 0. The van der Waals surface area contributed by atoms with Crippen LogP contribution < -0.4 is 0 Å². The van der Waals surface area contributed by atoms with Crippen molar-refractivity contribution in [3.8, 4) is 17.1 Å². The zero-order valence-corrected chi connectivity index (χ0v) is 11.4. The SMILES string of the molecule is Cc1ccccc1-c1nc2cc(-n3cnnc3)ccc2o1. The van der Waals surface area contributed by atoms with Crippen LogP contribution in [0.3, 0.4) is 0 Å². The minimum absolute atomic E-state index is 0.643. The molecule has 0 aliphatic rings. The van der Waals surface area contributed by atoms with E-state index in [9.17, 15) is 0 Å². The molecule has 102 valence electrons. The summed E-state index contributed by atoms with van der Waals surface area (Å²) in [4.78, 5) is 4.59. The molecular formula is C16H12N4O.